The molecule has 0 unspecified atom stereocenters. The molecule has 1 saturated carbocycles. The predicted molar refractivity (Wildman–Crippen MR) is 65.3 cm³/mol. The SMILES string of the molecule is CC1(NC(=O)Nc2ccc(N)cc2)CCC1. The van der Waals surface area contributed by atoms with Gasteiger partial charge in [0.05, 0.1) is 0 Å². The van der Waals surface area contributed by atoms with E-state index in [1.165, 1.54) is 6.42 Å². The van der Waals surface area contributed by atoms with Gasteiger partial charge in [-0.1, -0.05) is 0 Å². The maximum atomic E-state index is 11.7. The second-order valence-corrected chi connectivity index (χ2v) is 4.62. The number of rotatable bonds is 2. The van der Waals surface area contributed by atoms with E-state index in [9.17, 15) is 4.79 Å². The second kappa shape index (κ2) is 4.04. The number of hydrogen-bond acceptors (Lipinski definition) is 2. The summed E-state index contributed by atoms with van der Waals surface area (Å²) in [6.07, 6.45) is 3.31. The van der Waals surface area contributed by atoms with Crippen molar-refractivity contribution in [2.24, 2.45) is 0 Å². The van der Waals surface area contributed by atoms with Crippen LogP contribution in [0.25, 0.3) is 0 Å². The molecule has 1 aliphatic carbocycles. The Kier molecular flexibility index (Phi) is 2.73. The third-order valence-corrected chi connectivity index (χ3v) is 3.04. The summed E-state index contributed by atoms with van der Waals surface area (Å²) in [5.74, 6) is 0. The molecule has 2 rings (SSSR count). The molecule has 4 heteroatoms. The number of benzene rings is 1. The lowest BCUT2D eigenvalue weighted by molar-refractivity contribution is 0.200. The first-order valence-electron chi connectivity index (χ1n) is 5.52. The molecule has 0 bridgehead atoms. The molecular formula is C12H17N3O. The molecule has 0 aromatic heterocycles. The van der Waals surface area contributed by atoms with Crippen molar-refractivity contribution in [3.63, 3.8) is 0 Å². The molecule has 1 aliphatic rings. The Hall–Kier alpha value is -1.71. The van der Waals surface area contributed by atoms with E-state index in [0.29, 0.717) is 5.69 Å². The van der Waals surface area contributed by atoms with E-state index in [1.54, 1.807) is 24.3 Å². The predicted octanol–water partition coefficient (Wildman–Crippen LogP) is 2.33. The lowest BCUT2D eigenvalue weighted by atomic mass is 9.79. The van der Waals surface area contributed by atoms with E-state index in [2.05, 4.69) is 17.6 Å². The number of anilines is 2. The minimum absolute atomic E-state index is 0.0160. The molecule has 0 saturated heterocycles. The summed E-state index contributed by atoms with van der Waals surface area (Å²) in [6.45, 7) is 2.07. The molecule has 16 heavy (non-hydrogen) atoms. The first kappa shape index (κ1) is 10.8. The average Bonchev–Trinajstić information content (AvgIpc) is 2.19. The molecule has 4 nitrogen and oxygen atoms in total. The average molecular weight is 219 g/mol. The number of hydrogen-bond donors (Lipinski definition) is 3. The highest BCUT2D eigenvalue weighted by Crippen LogP contribution is 2.30. The zero-order valence-corrected chi connectivity index (χ0v) is 9.42. The molecule has 1 fully saturated rings. The Labute approximate surface area is 95.2 Å². The Morgan fingerprint density at radius 1 is 1.31 bits per heavy atom. The first-order chi connectivity index (χ1) is 7.57. The van der Waals surface area contributed by atoms with Crippen LogP contribution in [0.4, 0.5) is 16.2 Å². The number of carbonyl (C=O) groups is 1. The van der Waals surface area contributed by atoms with E-state index in [1.807, 2.05) is 0 Å². The van der Waals surface area contributed by atoms with Gasteiger partial charge in [-0.05, 0) is 50.5 Å². The highest BCUT2D eigenvalue weighted by atomic mass is 16.2. The van der Waals surface area contributed by atoms with Crippen molar-refractivity contribution in [2.45, 2.75) is 31.7 Å². The van der Waals surface area contributed by atoms with E-state index < -0.39 is 0 Å². The Morgan fingerprint density at radius 3 is 2.44 bits per heavy atom. The monoisotopic (exact) mass is 219 g/mol. The smallest absolute Gasteiger partial charge is 0.319 e. The Morgan fingerprint density at radius 2 is 1.94 bits per heavy atom. The van der Waals surface area contributed by atoms with Gasteiger partial charge in [0.15, 0.2) is 0 Å². The molecule has 0 radical (unpaired) electrons. The van der Waals surface area contributed by atoms with Gasteiger partial charge in [0.25, 0.3) is 0 Å². The molecule has 0 aliphatic heterocycles. The van der Waals surface area contributed by atoms with Gasteiger partial charge < -0.3 is 16.4 Å². The number of nitrogens with two attached hydrogens (primary N) is 1. The zero-order valence-electron chi connectivity index (χ0n) is 9.42. The van der Waals surface area contributed by atoms with Crippen LogP contribution in [-0.4, -0.2) is 11.6 Å². The lowest BCUT2D eigenvalue weighted by Crippen LogP contribution is -2.52. The van der Waals surface area contributed by atoms with Crippen LogP contribution >= 0.6 is 0 Å². The molecule has 1 aromatic carbocycles. The summed E-state index contributed by atoms with van der Waals surface area (Å²) >= 11 is 0. The molecule has 1 aromatic rings. The molecule has 4 N–H and O–H groups in total. The van der Waals surface area contributed by atoms with Gasteiger partial charge in [-0.3, -0.25) is 0 Å². The summed E-state index contributed by atoms with van der Waals surface area (Å²) < 4.78 is 0. The van der Waals surface area contributed by atoms with Crippen LogP contribution in [0.2, 0.25) is 0 Å². The van der Waals surface area contributed by atoms with Crippen molar-refractivity contribution >= 4 is 17.4 Å². The fourth-order valence-electron chi connectivity index (χ4n) is 1.83. The Balaban J connectivity index is 1.89. The molecule has 0 atom stereocenters. The van der Waals surface area contributed by atoms with Crippen molar-refractivity contribution in [2.75, 3.05) is 11.1 Å². The molecular weight excluding hydrogens is 202 g/mol. The van der Waals surface area contributed by atoms with Crippen molar-refractivity contribution < 1.29 is 4.79 Å². The van der Waals surface area contributed by atoms with Gasteiger partial charge in [-0.2, -0.15) is 0 Å². The Bertz CT molecular complexity index is 382. The third-order valence-electron chi connectivity index (χ3n) is 3.04. The maximum absolute atomic E-state index is 11.7. The fourth-order valence-corrected chi connectivity index (χ4v) is 1.83. The standard InChI is InChI=1S/C12H17N3O/c1-12(7-2-8-12)15-11(16)14-10-5-3-9(13)4-6-10/h3-6H,2,7-8,13H2,1H3,(H2,14,15,16). The largest absolute Gasteiger partial charge is 0.399 e. The maximum Gasteiger partial charge on any atom is 0.319 e. The van der Waals surface area contributed by atoms with Gasteiger partial charge in [0.1, 0.15) is 0 Å². The van der Waals surface area contributed by atoms with Gasteiger partial charge in [0.2, 0.25) is 0 Å². The normalized spacial score (nSPS) is 17.3. The van der Waals surface area contributed by atoms with Crippen molar-refractivity contribution in [3.05, 3.63) is 24.3 Å². The number of amides is 2. The summed E-state index contributed by atoms with van der Waals surface area (Å²) in [6, 6.07) is 6.96. The topological polar surface area (TPSA) is 67.2 Å². The lowest BCUT2D eigenvalue weighted by Gasteiger charge is -2.38. The number of urea groups is 1. The molecule has 86 valence electrons. The summed E-state index contributed by atoms with van der Waals surface area (Å²) in [5.41, 5.74) is 7.00. The second-order valence-electron chi connectivity index (χ2n) is 4.62. The number of nitrogens with one attached hydrogen (secondary N) is 2. The summed E-state index contributed by atoms with van der Waals surface area (Å²) in [7, 11) is 0. The van der Waals surface area contributed by atoms with Crippen molar-refractivity contribution in [1.82, 2.24) is 5.32 Å². The van der Waals surface area contributed by atoms with E-state index in [0.717, 1.165) is 18.5 Å². The van der Waals surface area contributed by atoms with Gasteiger partial charge >= 0.3 is 6.03 Å². The van der Waals surface area contributed by atoms with Crippen LogP contribution in [0, 0.1) is 0 Å². The molecule has 0 spiro atoms. The minimum Gasteiger partial charge on any atom is -0.399 e. The van der Waals surface area contributed by atoms with Crippen LogP contribution in [0.5, 0.6) is 0 Å². The van der Waals surface area contributed by atoms with Crippen LogP contribution in [0.15, 0.2) is 24.3 Å². The highest BCUT2D eigenvalue weighted by molar-refractivity contribution is 5.89. The summed E-state index contributed by atoms with van der Waals surface area (Å²) in [5, 5.41) is 5.76. The van der Waals surface area contributed by atoms with Crippen LogP contribution in [-0.2, 0) is 0 Å². The minimum atomic E-state index is -0.146. The fraction of sp³-hybridized carbons (Fsp3) is 0.417. The number of carbonyl (C=O) groups excluding carboxylic acids is 1. The van der Waals surface area contributed by atoms with Crippen LogP contribution in [0.1, 0.15) is 26.2 Å². The van der Waals surface area contributed by atoms with Gasteiger partial charge in [0, 0.05) is 16.9 Å². The van der Waals surface area contributed by atoms with Crippen LogP contribution < -0.4 is 16.4 Å². The van der Waals surface area contributed by atoms with E-state index in [4.69, 9.17) is 5.73 Å². The van der Waals surface area contributed by atoms with E-state index in [-0.39, 0.29) is 11.6 Å². The van der Waals surface area contributed by atoms with Crippen molar-refractivity contribution in [1.29, 1.82) is 0 Å². The van der Waals surface area contributed by atoms with Crippen molar-refractivity contribution in [3.8, 4) is 0 Å². The van der Waals surface area contributed by atoms with Gasteiger partial charge in [-0.25, -0.2) is 4.79 Å². The van der Waals surface area contributed by atoms with Crippen LogP contribution in [0.3, 0.4) is 0 Å². The summed E-state index contributed by atoms with van der Waals surface area (Å²) in [4.78, 5) is 11.7. The third kappa shape index (κ3) is 2.45. The van der Waals surface area contributed by atoms with Gasteiger partial charge in [-0.15, -0.1) is 0 Å². The first-order valence-corrected chi connectivity index (χ1v) is 5.52. The van der Waals surface area contributed by atoms with E-state index >= 15 is 0 Å². The number of nitrogen functional groups attached to an aromatic ring is 1. The molecule has 2 amide bonds. The zero-order chi connectivity index (χ0) is 11.6. The highest BCUT2D eigenvalue weighted by Gasteiger charge is 2.33. The molecule has 0 heterocycles. The quantitative estimate of drug-likeness (QED) is 0.668.